The van der Waals surface area contributed by atoms with Crippen molar-refractivity contribution in [2.75, 3.05) is 4.90 Å². The molecule has 0 spiro atoms. The van der Waals surface area contributed by atoms with Crippen molar-refractivity contribution in [1.82, 2.24) is 0 Å². The van der Waals surface area contributed by atoms with Crippen LogP contribution >= 0.6 is 0 Å². The molecule has 1 heterocycles. The van der Waals surface area contributed by atoms with Crippen LogP contribution in [0.3, 0.4) is 0 Å². The molecule has 286 valence electrons. The Bertz CT molecular complexity index is 3350. The van der Waals surface area contributed by atoms with Crippen LogP contribution in [0.5, 0.6) is 0 Å². The van der Waals surface area contributed by atoms with Crippen molar-refractivity contribution in [3.05, 3.63) is 259 Å². The molecule has 1 aliphatic carbocycles. The monoisotopic (exact) mass is 777 g/mol. The normalized spacial score (nSPS) is 12.7. The molecular weight excluding hydrogens is 739 g/mol. The van der Waals surface area contributed by atoms with Crippen molar-refractivity contribution in [2.24, 2.45) is 0 Å². The van der Waals surface area contributed by atoms with Gasteiger partial charge in [-0.2, -0.15) is 0 Å². The second kappa shape index (κ2) is 14.1. The number of benzene rings is 10. The average Bonchev–Trinajstić information content (AvgIpc) is 3.87. The van der Waals surface area contributed by atoms with Crippen molar-refractivity contribution in [3.63, 3.8) is 0 Å². The summed E-state index contributed by atoms with van der Waals surface area (Å²) in [5.41, 5.74) is 16.4. The molecule has 0 amide bonds. The van der Waals surface area contributed by atoms with Crippen LogP contribution in [-0.4, -0.2) is 0 Å². The van der Waals surface area contributed by atoms with Gasteiger partial charge in [0, 0.05) is 27.7 Å². The minimum absolute atomic E-state index is 0.542. The minimum Gasteiger partial charge on any atom is -0.455 e. The molecule has 12 rings (SSSR count). The van der Waals surface area contributed by atoms with Crippen LogP contribution in [-0.2, 0) is 5.41 Å². The first-order chi connectivity index (χ1) is 30.3. The second-order valence-corrected chi connectivity index (χ2v) is 16.0. The third kappa shape index (κ3) is 5.43. The van der Waals surface area contributed by atoms with Gasteiger partial charge in [-0.25, -0.2) is 0 Å². The number of hydrogen-bond acceptors (Lipinski definition) is 2. The average molecular weight is 778 g/mol. The van der Waals surface area contributed by atoms with Crippen molar-refractivity contribution < 1.29 is 4.42 Å². The van der Waals surface area contributed by atoms with Gasteiger partial charge in [0.2, 0.25) is 0 Å². The van der Waals surface area contributed by atoms with E-state index in [2.05, 4.69) is 241 Å². The van der Waals surface area contributed by atoms with E-state index in [0.717, 1.165) is 50.1 Å². The zero-order valence-corrected chi connectivity index (χ0v) is 33.4. The van der Waals surface area contributed by atoms with E-state index in [9.17, 15) is 0 Å². The highest BCUT2D eigenvalue weighted by Crippen LogP contribution is 2.58. The summed E-state index contributed by atoms with van der Waals surface area (Å²) in [6.07, 6.45) is 0. The Balaban J connectivity index is 1.16. The second-order valence-electron chi connectivity index (χ2n) is 16.0. The lowest BCUT2D eigenvalue weighted by Gasteiger charge is -2.35. The summed E-state index contributed by atoms with van der Waals surface area (Å²) in [6, 6.07) is 85.9. The Labute approximate surface area is 355 Å². The van der Waals surface area contributed by atoms with Crippen LogP contribution in [0.1, 0.15) is 22.3 Å². The van der Waals surface area contributed by atoms with Gasteiger partial charge in [-0.15, -0.1) is 0 Å². The Morgan fingerprint density at radius 2 is 0.951 bits per heavy atom. The van der Waals surface area contributed by atoms with Crippen LogP contribution < -0.4 is 4.90 Å². The number of hydrogen-bond donors (Lipinski definition) is 0. The molecule has 0 aliphatic heterocycles. The highest BCUT2D eigenvalue weighted by Gasteiger charge is 2.46. The molecule has 0 atom stereocenters. The van der Waals surface area contributed by atoms with Crippen LogP contribution in [0.2, 0.25) is 0 Å². The molecule has 1 aromatic heterocycles. The van der Waals surface area contributed by atoms with Gasteiger partial charge in [-0.3, -0.25) is 0 Å². The predicted molar refractivity (Wildman–Crippen MR) is 254 cm³/mol. The topological polar surface area (TPSA) is 16.4 Å². The molecule has 2 heteroatoms. The minimum atomic E-state index is -0.542. The molecule has 61 heavy (non-hydrogen) atoms. The molecule has 0 saturated carbocycles. The number of anilines is 3. The molecule has 0 bridgehead atoms. The van der Waals surface area contributed by atoms with Crippen LogP contribution in [0.4, 0.5) is 17.1 Å². The number of fused-ring (bicyclic) bond motifs is 8. The van der Waals surface area contributed by atoms with E-state index < -0.39 is 5.41 Å². The number of furan rings is 1. The number of rotatable bonds is 7. The maximum Gasteiger partial charge on any atom is 0.145 e. The van der Waals surface area contributed by atoms with Gasteiger partial charge in [0.05, 0.1) is 11.1 Å². The molecule has 10 aromatic carbocycles. The van der Waals surface area contributed by atoms with Crippen LogP contribution in [0.15, 0.2) is 241 Å². The largest absolute Gasteiger partial charge is 0.455 e. The highest BCUT2D eigenvalue weighted by atomic mass is 16.3. The fourth-order valence-corrected chi connectivity index (χ4v) is 10.1. The Morgan fingerprint density at radius 3 is 1.67 bits per heavy atom. The summed E-state index contributed by atoms with van der Waals surface area (Å²) in [7, 11) is 0. The molecule has 0 saturated heterocycles. The highest BCUT2D eigenvalue weighted by molar-refractivity contribution is 6.22. The summed E-state index contributed by atoms with van der Waals surface area (Å²) < 4.78 is 7.02. The molecule has 2 nitrogen and oxygen atoms in total. The van der Waals surface area contributed by atoms with Crippen molar-refractivity contribution in [1.29, 1.82) is 0 Å². The van der Waals surface area contributed by atoms with Gasteiger partial charge in [0.1, 0.15) is 11.2 Å². The quantitative estimate of drug-likeness (QED) is 0.160. The van der Waals surface area contributed by atoms with Gasteiger partial charge in [-0.05, 0) is 103 Å². The Kier molecular flexibility index (Phi) is 8.11. The van der Waals surface area contributed by atoms with E-state index in [1.54, 1.807) is 0 Å². The Hall–Kier alpha value is -7.94. The summed E-state index contributed by atoms with van der Waals surface area (Å²) >= 11 is 0. The third-order valence-electron chi connectivity index (χ3n) is 12.7. The molecule has 0 fully saturated rings. The van der Waals surface area contributed by atoms with Gasteiger partial charge in [0.25, 0.3) is 0 Å². The van der Waals surface area contributed by atoms with Gasteiger partial charge < -0.3 is 9.32 Å². The SMILES string of the molecule is c1ccc(-c2ccc(N(c3ccc4c(c3)C(c3ccccc3)(c3ccccc3)c3ccccc3-4)c3ccc4c(oc5ccc6ccccc6c54)c3-c3ccccc3)cc2)cc1. The maximum atomic E-state index is 7.02. The molecule has 0 radical (unpaired) electrons. The first kappa shape index (κ1) is 35.0. The van der Waals surface area contributed by atoms with Crippen molar-refractivity contribution in [2.45, 2.75) is 5.41 Å². The zero-order chi connectivity index (χ0) is 40.3. The fraction of sp³-hybridized carbons (Fsp3) is 0.0169. The maximum absolute atomic E-state index is 7.02. The number of nitrogens with zero attached hydrogens (tertiary/aromatic N) is 1. The van der Waals surface area contributed by atoms with Gasteiger partial charge in [-0.1, -0.05) is 194 Å². The lowest BCUT2D eigenvalue weighted by Crippen LogP contribution is -2.28. The first-order valence-electron chi connectivity index (χ1n) is 21.0. The van der Waals surface area contributed by atoms with E-state index in [-0.39, 0.29) is 0 Å². The summed E-state index contributed by atoms with van der Waals surface area (Å²) in [6.45, 7) is 0. The van der Waals surface area contributed by atoms with Gasteiger partial charge in [0.15, 0.2) is 0 Å². The Morgan fingerprint density at radius 1 is 0.377 bits per heavy atom. The first-order valence-corrected chi connectivity index (χ1v) is 21.0. The summed E-state index contributed by atoms with van der Waals surface area (Å²) in [5, 5.41) is 4.63. The lowest BCUT2D eigenvalue weighted by molar-refractivity contribution is 0.670. The smallest absolute Gasteiger partial charge is 0.145 e. The fourth-order valence-electron chi connectivity index (χ4n) is 10.1. The van der Waals surface area contributed by atoms with E-state index in [4.69, 9.17) is 4.42 Å². The molecule has 11 aromatic rings. The molecule has 0 N–H and O–H groups in total. The summed E-state index contributed by atoms with van der Waals surface area (Å²) in [5.74, 6) is 0. The zero-order valence-electron chi connectivity index (χ0n) is 33.4. The predicted octanol–water partition coefficient (Wildman–Crippen LogP) is 15.9. The molecular formula is C59H39NO. The third-order valence-corrected chi connectivity index (χ3v) is 12.7. The van der Waals surface area contributed by atoms with Crippen molar-refractivity contribution >= 4 is 49.8 Å². The van der Waals surface area contributed by atoms with Gasteiger partial charge >= 0.3 is 0 Å². The standard InChI is InChI=1S/C59H39NO/c1-5-17-40(18-6-1)41-29-32-46(33-30-41)60(54-37-36-51-57-48-26-14-13-19-42(48)31-38-55(57)61-58(51)56(54)43-20-7-2-8-21-43)47-34-35-50-49-27-15-16-28-52(49)59(53(50)39-47,44-22-9-3-10-23-44)45-24-11-4-12-25-45/h1-39H. The molecule has 0 unspecified atom stereocenters. The van der Waals surface area contributed by atoms with E-state index in [1.807, 2.05) is 0 Å². The van der Waals surface area contributed by atoms with Crippen molar-refractivity contribution in [3.8, 4) is 33.4 Å². The van der Waals surface area contributed by atoms with E-state index in [0.29, 0.717) is 0 Å². The summed E-state index contributed by atoms with van der Waals surface area (Å²) in [4.78, 5) is 2.44. The van der Waals surface area contributed by atoms with Crippen LogP contribution in [0.25, 0.3) is 66.1 Å². The van der Waals surface area contributed by atoms with E-state index >= 15 is 0 Å². The van der Waals surface area contributed by atoms with Crippen LogP contribution in [0, 0.1) is 0 Å². The lowest BCUT2D eigenvalue weighted by atomic mass is 9.67. The molecule has 1 aliphatic rings. The van der Waals surface area contributed by atoms with E-state index in [1.165, 1.54) is 55.3 Å².